The molecular weight excluding hydrogens is 577 g/mol. The normalized spacial score (nSPS) is 42.4. The largest absolute Gasteiger partial charge is 0.101 e. The molecule has 48 heavy (non-hydrogen) atoms. The Labute approximate surface area is 292 Å². The van der Waals surface area contributed by atoms with E-state index in [0.717, 1.165) is 22.3 Å². The van der Waals surface area contributed by atoms with Crippen LogP contribution in [0, 0.1) is 79.9 Å². The molecule has 0 aromatic heterocycles. The number of hydrogen-bond acceptors (Lipinski definition) is 0. The maximum Gasteiger partial charge on any atom is 0.0260 e. The fourth-order valence-electron chi connectivity index (χ4n) is 15.9. The van der Waals surface area contributed by atoms with Crippen molar-refractivity contribution in [2.45, 2.75) is 143 Å². The molecule has 0 saturated heterocycles. The van der Waals surface area contributed by atoms with Crippen molar-refractivity contribution in [3.05, 3.63) is 69.8 Å². The third-order valence-electron chi connectivity index (χ3n) is 14.5. The molecule has 4 atom stereocenters. The van der Waals surface area contributed by atoms with E-state index in [2.05, 4.69) is 111 Å². The van der Waals surface area contributed by atoms with Gasteiger partial charge in [-0.15, -0.1) is 23.7 Å². The molecule has 8 saturated carbocycles. The molecule has 0 spiro atoms. The van der Waals surface area contributed by atoms with Crippen LogP contribution in [0.4, 0.5) is 0 Å². The number of hydrogen-bond donors (Lipinski definition) is 0. The molecule has 4 unspecified atom stereocenters. The smallest absolute Gasteiger partial charge is 0.0260 e. The van der Waals surface area contributed by atoms with Crippen molar-refractivity contribution >= 4 is 0 Å². The van der Waals surface area contributed by atoms with Crippen LogP contribution in [-0.4, -0.2) is 0 Å². The third kappa shape index (κ3) is 4.69. The van der Waals surface area contributed by atoms with Gasteiger partial charge in [0.1, 0.15) is 0 Å². The Balaban J connectivity index is 1.32. The number of benzene rings is 2. The topological polar surface area (TPSA) is 0 Å². The van der Waals surface area contributed by atoms with Gasteiger partial charge in [-0.25, -0.2) is 0 Å². The minimum Gasteiger partial charge on any atom is -0.101 e. The Morgan fingerprint density at radius 3 is 0.875 bits per heavy atom. The predicted octanol–water partition coefficient (Wildman–Crippen LogP) is 11.1. The van der Waals surface area contributed by atoms with Gasteiger partial charge in [0.05, 0.1) is 0 Å². The van der Waals surface area contributed by atoms with Gasteiger partial charge in [-0.1, -0.05) is 51.4 Å². The Bertz CT molecular complexity index is 1730. The molecule has 0 heteroatoms. The molecule has 0 amide bonds. The third-order valence-corrected chi connectivity index (χ3v) is 14.5. The van der Waals surface area contributed by atoms with Gasteiger partial charge in [-0.2, -0.15) is 0 Å². The van der Waals surface area contributed by atoms with Gasteiger partial charge < -0.3 is 0 Å². The molecule has 0 aliphatic heterocycles. The summed E-state index contributed by atoms with van der Waals surface area (Å²) in [4.78, 5) is 0. The van der Waals surface area contributed by atoms with Crippen LogP contribution < -0.4 is 0 Å². The molecule has 10 rings (SSSR count). The molecule has 0 nitrogen and oxygen atoms in total. The summed E-state index contributed by atoms with van der Waals surface area (Å²) in [6, 6.07) is 14.3. The summed E-state index contributed by atoms with van der Waals surface area (Å²) in [5, 5.41) is 0. The minimum absolute atomic E-state index is 0.187. The van der Waals surface area contributed by atoms with Crippen LogP contribution >= 0.6 is 0 Å². The van der Waals surface area contributed by atoms with E-state index in [4.69, 9.17) is 0 Å². The average molecular weight is 631 g/mol. The lowest BCUT2D eigenvalue weighted by molar-refractivity contribution is -0.275. The Morgan fingerprint density at radius 2 is 0.625 bits per heavy atom. The summed E-state index contributed by atoms with van der Waals surface area (Å²) < 4.78 is 0. The standard InChI is InChI=1S/C48H54/c1-9-13-35-17-36(14-10-2)20-39(19-35)45-25-41(5)23-42(6,26-45)30-47(29-41,33-45)48-31-43(7)24-44(8,32-48)28-46(27-43,34-48)40-21-37(15-11-3)18-38(22-40)16-12-4/h17-22H,23-34H2,1-8H3. The van der Waals surface area contributed by atoms with Crippen molar-refractivity contribution in [2.75, 3.05) is 0 Å². The van der Waals surface area contributed by atoms with Crippen LogP contribution in [0.2, 0.25) is 0 Å². The molecule has 246 valence electrons. The molecule has 2 aromatic carbocycles. The minimum atomic E-state index is 0.187. The van der Waals surface area contributed by atoms with Crippen LogP contribution in [0.25, 0.3) is 0 Å². The van der Waals surface area contributed by atoms with Crippen LogP contribution in [0.1, 0.15) is 166 Å². The van der Waals surface area contributed by atoms with Gasteiger partial charge in [0.2, 0.25) is 0 Å². The molecule has 2 aromatic rings. The summed E-state index contributed by atoms with van der Waals surface area (Å²) in [7, 11) is 0. The van der Waals surface area contributed by atoms with Gasteiger partial charge >= 0.3 is 0 Å². The molecule has 8 fully saturated rings. The zero-order valence-electron chi connectivity index (χ0n) is 30.9. The highest BCUT2D eigenvalue weighted by Crippen LogP contribution is 2.85. The maximum atomic E-state index is 3.44. The highest BCUT2D eigenvalue weighted by Gasteiger charge is 2.76. The van der Waals surface area contributed by atoms with E-state index < -0.39 is 0 Å². The first-order chi connectivity index (χ1) is 22.7. The van der Waals surface area contributed by atoms with Crippen molar-refractivity contribution in [1.29, 1.82) is 0 Å². The van der Waals surface area contributed by atoms with Crippen LogP contribution in [0.15, 0.2) is 36.4 Å². The van der Waals surface area contributed by atoms with Gasteiger partial charge in [-0.3, -0.25) is 0 Å². The van der Waals surface area contributed by atoms with Crippen LogP contribution in [0.3, 0.4) is 0 Å². The number of rotatable bonds is 3. The van der Waals surface area contributed by atoms with Gasteiger partial charge in [0.15, 0.2) is 0 Å². The monoisotopic (exact) mass is 630 g/mol. The second kappa shape index (κ2) is 10.1. The summed E-state index contributed by atoms with van der Waals surface area (Å²) in [6.07, 6.45) is 16.3. The SMILES string of the molecule is CC#Cc1cc(C#CC)cc(C23CC4(C)CC(C)(C2)CC(C25CC6(C)CC(C)(CC(c7cc(C#CC)cc(C#CC)c7)(C6)C2)C5)(C4)C3)c1. The van der Waals surface area contributed by atoms with E-state index >= 15 is 0 Å². The highest BCUT2D eigenvalue weighted by atomic mass is 14.8. The fraction of sp³-hybridized carbons (Fsp3) is 0.583. The van der Waals surface area contributed by atoms with Crippen molar-refractivity contribution in [2.24, 2.45) is 32.5 Å². The molecular formula is C48H54. The summed E-state index contributed by atoms with van der Waals surface area (Å²) in [5.41, 5.74) is 10.2. The van der Waals surface area contributed by atoms with Crippen molar-refractivity contribution in [3.8, 4) is 47.4 Å². The fourth-order valence-corrected chi connectivity index (χ4v) is 15.9. The molecule has 8 aliphatic rings. The molecule has 8 aliphatic carbocycles. The van der Waals surface area contributed by atoms with Gasteiger partial charge in [-0.05, 0) is 196 Å². The molecule has 0 N–H and O–H groups in total. The first-order valence-electron chi connectivity index (χ1n) is 18.7. The Hall–Kier alpha value is -3.32. The zero-order valence-corrected chi connectivity index (χ0v) is 30.9. The molecule has 0 heterocycles. The Morgan fingerprint density at radius 1 is 0.354 bits per heavy atom. The van der Waals surface area contributed by atoms with E-state index in [1.165, 1.54) is 88.2 Å². The van der Waals surface area contributed by atoms with E-state index in [-0.39, 0.29) is 10.8 Å². The lowest BCUT2D eigenvalue weighted by Gasteiger charge is -2.80. The van der Waals surface area contributed by atoms with E-state index in [0.29, 0.717) is 32.5 Å². The van der Waals surface area contributed by atoms with E-state index in [1.54, 1.807) is 0 Å². The van der Waals surface area contributed by atoms with E-state index in [9.17, 15) is 0 Å². The Kier molecular flexibility index (Phi) is 6.73. The van der Waals surface area contributed by atoms with Gasteiger partial charge in [0.25, 0.3) is 0 Å². The zero-order chi connectivity index (χ0) is 33.8. The highest BCUT2D eigenvalue weighted by molar-refractivity contribution is 5.52. The van der Waals surface area contributed by atoms with Crippen LogP contribution in [0.5, 0.6) is 0 Å². The average Bonchev–Trinajstić information content (AvgIpc) is 2.94. The predicted molar refractivity (Wildman–Crippen MR) is 199 cm³/mol. The molecule has 0 radical (unpaired) electrons. The maximum absolute atomic E-state index is 3.44. The lowest BCUT2D eigenvalue weighted by Crippen LogP contribution is -2.71. The lowest BCUT2D eigenvalue weighted by atomic mass is 9.24. The summed E-state index contributed by atoms with van der Waals surface area (Å²) in [6.45, 7) is 18.6. The quantitative estimate of drug-likeness (QED) is 0.296. The summed E-state index contributed by atoms with van der Waals surface area (Å²) >= 11 is 0. The molecule has 8 bridgehead atoms. The second-order valence-electron chi connectivity index (χ2n) is 19.6. The van der Waals surface area contributed by atoms with Crippen molar-refractivity contribution in [3.63, 3.8) is 0 Å². The summed E-state index contributed by atoms with van der Waals surface area (Å²) in [5.74, 6) is 26.6. The van der Waals surface area contributed by atoms with Crippen molar-refractivity contribution < 1.29 is 0 Å². The first-order valence-corrected chi connectivity index (χ1v) is 18.7. The van der Waals surface area contributed by atoms with Gasteiger partial charge in [0, 0.05) is 22.3 Å². The first kappa shape index (κ1) is 31.9. The van der Waals surface area contributed by atoms with Crippen molar-refractivity contribution in [1.82, 2.24) is 0 Å². The van der Waals surface area contributed by atoms with Crippen LogP contribution in [-0.2, 0) is 10.8 Å². The van der Waals surface area contributed by atoms with E-state index in [1.807, 2.05) is 27.7 Å². The second-order valence-corrected chi connectivity index (χ2v) is 19.6.